The van der Waals surface area contributed by atoms with Crippen molar-refractivity contribution < 1.29 is 13.6 Å². The molecule has 6 heteroatoms. The molecule has 2 atom stereocenters. The summed E-state index contributed by atoms with van der Waals surface area (Å²) in [6.07, 6.45) is 2.56. The fraction of sp³-hybridized carbons (Fsp3) is 0.500. The number of alkyl halides is 2. The maximum Gasteiger partial charge on any atom is 0.320 e. The summed E-state index contributed by atoms with van der Waals surface area (Å²) in [5, 5.41) is 1.09. The summed E-state index contributed by atoms with van der Waals surface area (Å²) in [7, 11) is -2.49. The topological polar surface area (TPSA) is 35.5 Å². The van der Waals surface area contributed by atoms with Crippen LogP contribution in [0.4, 0.5) is 0 Å². The molecule has 0 saturated heterocycles. The first-order chi connectivity index (χ1) is 6.67. The van der Waals surface area contributed by atoms with Gasteiger partial charge in [0.25, 0.3) is 0 Å². The standard InChI is InChI=1S/C8H13Br2O3P/c1-3-7(5-9)12-14(11)13-8(4-2)6-10/h3-4,7-8,14H,1-2,5-6H2. The zero-order valence-electron chi connectivity index (χ0n) is 7.62. The van der Waals surface area contributed by atoms with Crippen LogP contribution in [0.2, 0.25) is 0 Å². The van der Waals surface area contributed by atoms with Gasteiger partial charge in [0.1, 0.15) is 0 Å². The van der Waals surface area contributed by atoms with E-state index in [-0.39, 0.29) is 12.2 Å². The number of hydrogen-bond acceptors (Lipinski definition) is 3. The third-order valence-electron chi connectivity index (χ3n) is 1.33. The Bertz CT molecular complexity index is 191. The third-order valence-corrected chi connectivity index (χ3v) is 3.59. The SMILES string of the molecule is C=CC(CBr)O[PH](=O)OC(C=C)CBr. The highest BCUT2D eigenvalue weighted by atomic mass is 79.9. The highest BCUT2D eigenvalue weighted by molar-refractivity contribution is 9.09. The van der Waals surface area contributed by atoms with Gasteiger partial charge in [0.2, 0.25) is 0 Å². The van der Waals surface area contributed by atoms with Crippen molar-refractivity contribution in [1.82, 2.24) is 0 Å². The van der Waals surface area contributed by atoms with E-state index in [9.17, 15) is 4.57 Å². The van der Waals surface area contributed by atoms with Gasteiger partial charge in [0.15, 0.2) is 0 Å². The van der Waals surface area contributed by atoms with E-state index in [0.717, 1.165) is 0 Å². The van der Waals surface area contributed by atoms with Crippen molar-refractivity contribution >= 4 is 40.1 Å². The molecule has 0 fully saturated rings. The van der Waals surface area contributed by atoms with Crippen molar-refractivity contribution in [2.24, 2.45) is 0 Å². The third kappa shape index (κ3) is 6.14. The van der Waals surface area contributed by atoms with Crippen molar-refractivity contribution in [3.8, 4) is 0 Å². The second kappa shape index (κ2) is 8.86. The molecule has 82 valence electrons. The Hall–Kier alpha value is 0.590. The second-order valence-corrected chi connectivity index (χ2v) is 4.61. The van der Waals surface area contributed by atoms with E-state index in [1.807, 2.05) is 0 Å². The normalized spacial score (nSPS) is 17.0. The fourth-order valence-corrected chi connectivity index (χ4v) is 2.75. The van der Waals surface area contributed by atoms with Gasteiger partial charge >= 0.3 is 8.25 Å². The first kappa shape index (κ1) is 14.6. The molecule has 0 aromatic rings. The minimum Gasteiger partial charge on any atom is -0.302 e. The van der Waals surface area contributed by atoms with Gasteiger partial charge < -0.3 is 9.05 Å². The molecule has 0 radical (unpaired) electrons. The lowest BCUT2D eigenvalue weighted by Gasteiger charge is -2.13. The second-order valence-electron chi connectivity index (χ2n) is 2.34. The van der Waals surface area contributed by atoms with Gasteiger partial charge in [-0.05, 0) is 0 Å². The van der Waals surface area contributed by atoms with Gasteiger partial charge in [0, 0.05) is 10.7 Å². The molecule has 0 aromatic heterocycles. The zero-order valence-corrected chi connectivity index (χ0v) is 11.8. The molecule has 3 nitrogen and oxygen atoms in total. The average molecular weight is 348 g/mol. The van der Waals surface area contributed by atoms with Crippen molar-refractivity contribution in [3.05, 3.63) is 25.3 Å². The number of rotatable bonds is 8. The summed E-state index contributed by atoms with van der Waals surface area (Å²) in [5.74, 6) is 0. The predicted octanol–water partition coefficient (Wildman–Crippen LogP) is 3.31. The Morgan fingerprint density at radius 3 is 1.71 bits per heavy atom. The first-order valence-electron chi connectivity index (χ1n) is 3.92. The molecule has 0 spiro atoms. The van der Waals surface area contributed by atoms with Crippen LogP contribution in [0.1, 0.15) is 0 Å². The molecule has 2 unspecified atom stereocenters. The maximum absolute atomic E-state index is 11.3. The van der Waals surface area contributed by atoms with Crippen molar-refractivity contribution in [2.75, 3.05) is 10.7 Å². The predicted molar refractivity (Wildman–Crippen MR) is 66.7 cm³/mol. The molecule has 0 heterocycles. The van der Waals surface area contributed by atoms with Crippen LogP contribution in [0.5, 0.6) is 0 Å². The van der Waals surface area contributed by atoms with Crippen LogP contribution in [-0.2, 0) is 13.6 Å². The molecule has 0 rings (SSSR count). The van der Waals surface area contributed by atoms with Crippen LogP contribution in [0, 0.1) is 0 Å². The molecule has 0 bridgehead atoms. The van der Waals surface area contributed by atoms with Gasteiger partial charge in [-0.25, -0.2) is 0 Å². The minimum atomic E-state index is -2.49. The largest absolute Gasteiger partial charge is 0.320 e. The molecule has 0 aromatic carbocycles. The maximum atomic E-state index is 11.3. The smallest absolute Gasteiger partial charge is 0.302 e. The molecule has 14 heavy (non-hydrogen) atoms. The van der Waals surface area contributed by atoms with E-state index in [0.29, 0.717) is 10.7 Å². The van der Waals surface area contributed by atoms with E-state index in [2.05, 4.69) is 45.0 Å². The van der Waals surface area contributed by atoms with Crippen molar-refractivity contribution in [1.29, 1.82) is 0 Å². The zero-order chi connectivity index (χ0) is 11.0. The highest BCUT2D eigenvalue weighted by Gasteiger charge is 2.11. The molecular weight excluding hydrogens is 335 g/mol. The Kier molecular flexibility index (Phi) is 9.24. The molecule has 0 aliphatic carbocycles. The number of halogens is 2. The van der Waals surface area contributed by atoms with E-state index in [4.69, 9.17) is 9.05 Å². The Morgan fingerprint density at radius 2 is 1.50 bits per heavy atom. The molecule has 0 aliphatic heterocycles. The van der Waals surface area contributed by atoms with Crippen molar-refractivity contribution in [2.45, 2.75) is 12.2 Å². The van der Waals surface area contributed by atoms with Crippen molar-refractivity contribution in [3.63, 3.8) is 0 Å². The Morgan fingerprint density at radius 1 is 1.14 bits per heavy atom. The molecule has 0 saturated carbocycles. The van der Waals surface area contributed by atoms with Gasteiger partial charge in [-0.2, -0.15) is 0 Å². The molecule has 0 N–H and O–H groups in total. The monoisotopic (exact) mass is 346 g/mol. The summed E-state index contributed by atoms with van der Waals surface area (Å²) in [5.41, 5.74) is 0. The lowest BCUT2D eigenvalue weighted by molar-refractivity contribution is 0.188. The van der Waals surface area contributed by atoms with E-state index in [1.165, 1.54) is 0 Å². The fourth-order valence-electron chi connectivity index (χ4n) is 0.560. The lowest BCUT2D eigenvalue weighted by Crippen LogP contribution is -2.10. The van der Waals surface area contributed by atoms with Crippen LogP contribution < -0.4 is 0 Å². The van der Waals surface area contributed by atoms with Gasteiger partial charge in [-0.1, -0.05) is 44.0 Å². The summed E-state index contributed by atoms with van der Waals surface area (Å²) in [6, 6.07) is 0. The summed E-state index contributed by atoms with van der Waals surface area (Å²) >= 11 is 6.40. The lowest BCUT2D eigenvalue weighted by atomic mass is 10.4. The van der Waals surface area contributed by atoms with E-state index < -0.39 is 8.25 Å². The quantitative estimate of drug-likeness (QED) is 0.384. The first-order valence-corrected chi connectivity index (χ1v) is 7.39. The van der Waals surface area contributed by atoms with Crippen LogP contribution in [0.25, 0.3) is 0 Å². The van der Waals surface area contributed by atoms with Crippen LogP contribution >= 0.6 is 40.1 Å². The van der Waals surface area contributed by atoms with Crippen LogP contribution in [0.15, 0.2) is 25.3 Å². The van der Waals surface area contributed by atoms with E-state index in [1.54, 1.807) is 12.2 Å². The molecule has 0 amide bonds. The Balaban J connectivity index is 3.95. The number of hydrogen-bond donors (Lipinski definition) is 0. The minimum absolute atomic E-state index is 0.290. The average Bonchev–Trinajstić information content (AvgIpc) is 2.22. The Labute approximate surface area is 102 Å². The van der Waals surface area contributed by atoms with Crippen LogP contribution in [0.3, 0.4) is 0 Å². The summed E-state index contributed by atoms with van der Waals surface area (Å²) in [4.78, 5) is 0. The summed E-state index contributed by atoms with van der Waals surface area (Å²) in [6.45, 7) is 7.08. The molecular formula is C8H13Br2O3P. The van der Waals surface area contributed by atoms with E-state index >= 15 is 0 Å². The van der Waals surface area contributed by atoms with Gasteiger partial charge in [-0.15, -0.1) is 13.2 Å². The van der Waals surface area contributed by atoms with Crippen LogP contribution in [-0.4, -0.2) is 22.9 Å². The van der Waals surface area contributed by atoms with Gasteiger partial charge in [0.05, 0.1) is 12.2 Å². The summed E-state index contributed by atoms with van der Waals surface area (Å²) < 4.78 is 21.4. The highest BCUT2D eigenvalue weighted by Crippen LogP contribution is 2.29. The molecule has 0 aliphatic rings. The van der Waals surface area contributed by atoms with Gasteiger partial charge in [-0.3, -0.25) is 4.57 Å².